The van der Waals surface area contributed by atoms with Gasteiger partial charge in [-0.25, -0.2) is 4.79 Å². The average molecular weight is 565 g/mol. The molecule has 2 N–H and O–H groups in total. The summed E-state index contributed by atoms with van der Waals surface area (Å²) in [5.74, 6) is -2.41. The smallest absolute Gasteiger partial charge is 0.333 e. The topological polar surface area (TPSA) is 143 Å². The number of ether oxygens (including phenoxy) is 3. The molecule has 5 rings (SSSR count). The summed E-state index contributed by atoms with van der Waals surface area (Å²) >= 11 is 0. The van der Waals surface area contributed by atoms with Crippen LogP contribution in [-0.2, 0) is 35.1 Å². The molecule has 1 fully saturated rings. The van der Waals surface area contributed by atoms with Crippen LogP contribution in [0.2, 0.25) is 0 Å². The van der Waals surface area contributed by atoms with Gasteiger partial charge < -0.3 is 29.3 Å². The molecule has 41 heavy (non-hydrogen) atoms. The van der Waals surface area contributed by atoms with Crippen molar-refractivity contribution < 1.29 is 43.6 Å². The second-order valence-electron chi connectivity index (χ2n) is 10.5. The van der Waals surface area contributed by atoms with Crippen LogP contribution in [0.25, 0.3) is 0 Å². The van der Waals surface area contributed by atoms with E-state index in [1.165, 1.54) is 32.1 Å². The normalized spacial score (nSPS) is 24.1. The zero-order valence-corrected chi connectivity index (χ0v) is 23.9. The molecule has 1 saturated heterocycles. The first-order chi connectivity index (χ1) is 19.4. The van der Waals surface area contributed by atoms with E-state index in [0.29, 0.717) is 28.0 Å². The number of benzene rings is 1. The first kappa shape index (κ1) is 28.2. The lowest BCUT2D eigenvalue weighted by Gasteiger charge is -2.53. The fourth-order valence-corrected chi connectivity index (χ4v) is 6.28. The van der Waals surface area contributed by atoms with Crippen LogP contribution in [0.3, 0.4) is 0 Å². The summed E-state index contributed by atoms with van der Waals surface area (Å²) in [6.45, 7) is 5.96. The lowest BCUT2D eigenvalue weighted by Crippen LogP contribution is -2.63. The molecule has 3 aliphatic heterocycles. The molecule has 4 aliphatic rings. The number of phenols is 2. The van der Waals surface area contributed by atoms with Crippen LogP contribution in [0.15, 0.2) is 45.9 Å². The molecule has 1 aliphatic carbocycles. The fraction of sp³-hybridized carbons (Fsp3) is 0.400. The number of fused-ring (bicyclic) bond motifs is 6. The van der Waals surface area contributed by atoms with Crippen LogP contribution in [0.4, 0.5) is 0 Å². The Morgan fingerprint density at radius 3 is 2.39 bits per heavy atom. The van der Waals surface area contributed by atoms with Crippen LogP contribution in [0.1, 0.15) is 43.5 Å². The number of rotatable bonds is 5. The van der Waals surface area contributed by atoms with Gasteiger partial charge in [-0.15, -0.1) is 0 Å². The Balaban J connectivity index is 1.76. The number of esters is 1. The van der Waals surface area contributed by atoms with Crippen molar-refractivity contribution in [1.29, 1.82) is 0 Å². The summed E-state index contributed by atoms with van der Waals surface area (Å²) in [5, 5.41) is 22.5. The molecule has 1 aromatic rings. The number of carbonyl (C=O) groups is 4. The van der Waals surface area contributed by atoms with E-state index in [4.69, 9.17) is 14.2 Å². The molecule has 216 valence electrons. The summed E-state index contributed by atoms with van der Waals surface area (Å²) in [4.78, 5) is 57.3. The third-order valence-corrected chi connectivity index (χ3v) is 8.57. The maximum absolute atomic E-state index is 14.2. The quantitative estimate of drug-likeness (QED) is 0.237. The van der Waals surface area contributed by atoms with Gasteiger partial charge in [0.05, 0.1) is 26.3 Å². The van der Waals surface area contributed by atoms with E-state index in [9.17, 15) is 29.4 Å². The van der Waals surface area contributed by atoms with Gasteiger partial charge in [0.1, 0.15) is 18.4 Å². The SMILES string of the molecule is C/C=C(/C)C(=O)OC[C@H]1C2=C(C=C3[C@@H]4c5c(O)c(OC)c(C)c(O)c5C[C@H](C(=O)N31)N4C)C(=O)C(C)=C(OC)C2=O. The molecule has 0 spiro atoms. The van der Waals surface area contributed by atoms with E-state index < -0.39 is 48.2 Å². The Morgan fingerprint density at radius 1 is 1.10 bits per heavy atom. The van der Waals surface area contributed by atoms with Crippen molar-refractivity contribution in [3.63, 3.8) is 0 Å². The molecule has 0 radical (unpaired) electrons. The minimum atomic E-state index is -1.14. The van der Waals surface area contributed by atoms with E-state index in [1.807, 2.05) is 0 Å². The summed E-state index contributed by atoms with van der Waals surface area (Å²) in [6.07, 6.45) is 3.13. The van der Waals surface area contributed by atoms with Crippen molar-refractivity contribution in [2.75, 3.05) is 27.9 Å². The number of nitrogens with zero attached hydrogens (tertiary/aromatic N) is 2. The van der Waals surface area contributed by atoms with Crippen molar-refractivity contribution in [1.82, 2.24) is 9.80 Å². The van der Waals surface area contributed by atoms with Crippen LogP contribution in [0, 0.1) is 6.92 Å². The molecule has 0 aromatic heterocycles. The number of hydrogen-bond donors (Lipinski definition) is 2. The Morgan fingerprint density at radius 2 is 1.78 bits per heavy atom. The minimum absolute atomic E-state index is 0.00288. The number of amides is 1. The molecule has 1 aromatic carbocycles. The van der Waals surface area contributed by atoms with Gasteiger partial charge >= 0.3 is 5.97 Å². The van der Waals surface area contributed by atoms with Crippen molar-refractivity contribution >= 4 is 23.4 Å². The maximum Gasteiger partial charge on any atom is 0.333 e. The van der Waals surface area contributed by atoms with Crippen molar-refractivity contribution in [2.45, 2.75) is 52.2 Å². The predicted octanol–water partition coefficient (Wildman–Crippen LogP) is 2.30. The number of aromatic hydroxyl groups is 2. The van der Waals surface area contributed by atoms with Crippen molar-refractivity contribution in [2.24, 2.45) is 0 Å². The Kier molecular flexibility index (Phi) is 6.81. The second kappa shape index (κ2) is 9.91. The van der Waals surface area contributed by atoms with Gasteiger partial charge in [-0.05, 0) is 40.8 Å². The van der Waals surface area contributed by atoms with Gasteiger partial charge in [0.2, 0.25) is 11.7 Å². The highest BCUT2D eigenvalue weighted by atomic mass is 16.5. The maximum atomic E-state index is 14.2. The van der Waals surface area contributed by atoms with Crippen molar-refractivity contribution in [3.8, 4) is 17.2 Å². The molecule has 2 bridgehead atoms. The highest BCUT2D eigenvalue weighted by Gasteiger charge is 2.55. The third kappa shape index (κ3) is 3.82. The molecule has 1 amide bonds. The monoisotopic (exact) mass is 564 g/mol. The molecule has 3 atom stereocenters. The lowest BCUT2D eigenvalue weighted by molar-refractivity contribution is -0.149. The summed E-state index contributed by atoms with van der Waals surface area (Å²) in [5.41, 5.74) is 1.86. The van der Waals surface area contributed by atoms with Gasteiger partial charge in [-0.1, -0.05) is 6.08 Å². The first-order valence-corrected chi connectivity index (χ1v) is 13.2. The van der Waals surface area contributed by atoms with Gasteiger partial charge in [0.25, 0.3) is 0 Å². The molecular formula is C30H32N2O9. The van der Waals surface area contributed by atoms with Crippen LogP contribution < -0.4 is 4.74 Å². The molecule has 11 nitrogen and oxygen atoms in total. The molecule has 0 saturated carbocycles. The number of allylic oxidation sites excluding steroid dienone is 5. The van der Waals surface area contributed by atoms with Gasteiger partial charge in [-0.3, -0.25) is 19.3 Å². The number of phenolic OH excluding ortho intramolecular Hbond substituents is 2. The first-order valence-electron chi connectivity index (χ1n) is 13.2. The Hall–Kier alpha value is -4.38. The number of Topliss-reactive ketones (excluding diaryl/α,β-unsaturated/α-hetero) is 2. The van der Waals surface area contributed by atoms with E-state index >= 15 is 0 Å². The van der Waals surface area contributed by atoms with Gasteiger partial charge in [0, 0.05) is 51.1 Å². The van der Waals surface area contributed by atoms with Gasteiger partial charge in [-0.2, -0.15) is 0 Å². The molecule has 11 heteroatoms. The number of piperazine rings is 1. The number of hydrogen-bond acceptors (Lipinski definition) is 10. The Bertz CT molecular complexity index is 1560. The van der Waals surface area contributed by atoms with E-state index in [-0.39, 0.29) is 46.1 Å². The van der Waals surface area contributed by atoms with Gasteiger partial charge in [0.15, 0.2) is 23.0 Å². The molecule has 0 unspecified atom stereocenters. The standard InChI is InChI=1S/C30H32N2O9/c1-8-12(2)30(38)41-11-19-20-15(23(33)13(3)27(39-6)25(20)35)9-17-22-21-16(10-18(31(22)5)29(37)32(17)19)24(34)14(4)28(40-7)26(21)36/h8-9,18-19,22,34,36H,10-11H2,1-7H3/b12-8-/t18-,19+,22-/m1/s1. The van der Waals surface area contributed by atoms with Crippen LogP contribution >= 0.6 is 0 Å². The largest absolute Gasteiger partial charge is 0.507 e. The number of methoxy groups -OCH3 is 2. The highest BCUT2D eigenvalue weighted by Crippen LogP contribution is 2.55. The Labute approximate surface area is 237 Å². The lowest BCUT2D eigenvalue weighted by atomic mass is 9.75. The fourth-order valence-electron chi connectivity index (χ4n) is 6.28. The number of likely N-dealkylation sites (N-methyl/N-ethyl adjacent to an activating group) is 1. The summed E-state index contributed by atoms with van der Waals surface area (Å²) in [7, 11) is 4.38. The third-order valence-electron chi connectivity index (χ3n) is 8.57. The zero-order valence-electron chi connectivity index (χ0n) is 23.9. The average Bonchev–Trinajstić information content (AvgIpc) is 2.95. The van der Waals surface area contributed by atoms with E-state index in [0.717, 1.165) is 0 Å². The summed E-state index contributed by atoms with van der Waals surface area (Å²) in [6, 6.07) is -2.72. The second-order valence-corrected chi connectivity index (χ2v) is 10.5. The summed E-state index contributed by atoms with van der Waals surface area (Å²) < 4.78 is 16.3. The zero-order chi connectivity index (χ0) is 30.1. The van der Waals surface area contributed by atoms with E-state index in [2.05, 4.69) is 0 Å². The van der Waals surface area contributed by atoms with Crippen LogP contribution in [-0.4, -0.2) is 83.4 Å². The predicted molar refractivity (Wildman–Crippen MR) is 145 cm³/mol. The van der Waals surface area contributed by atoms with Crippen LogP contribution in [0.5, 0.6) is 17.2 Å². The number of ketones is 2. The molecule has 3 heterocycles. The van der Waals surface area contributed by atoms with E-state index in [1.54, 1.807) is 38.8 Å². The minimum Gasteiger partial charge on any atom is -0.507 e. The highest BCUT2D eigenvalue weighted by molar-refractivity contribution is 6.26. The molecular weight excluding hydrogens is 532 g/mol. The number of carbonyl (C=O) groups excluding carboxylic acids is 4. The van der Waals surface area contributed by atoms with Crippen molar-refractivity contribution in [3.05, 3.63) is 62.6 Å².